The van der Waals surface area contributed by atoms with Crippen LogP contribution in [-0.4, -0.2) is 17.0 Å². The van der Waals surface area contributed by atoms with Crippen LogP contribution >= 0.6 is 0 Å². The van der Waals surface area contributed by atoms with Crippen LogP contribution in [0, 0.1) is 5.92 Å². The summed E-state index contributed by atoms with van der Waals surface area (Å²) < 4.78 is 0. The average Bonchev–Trinajstić information content (AvgIpc) is 1.58. The predicted octanol–water partition coefficient (Wildman–Crippen LogP) is 1.37. The first-order valence-corrected chi connectivity index (χ1v) is 3.70. The van der Waals surface area contributed by atoms with Crippen molar-refractivity contribution in [2.24, 2.45) is 5.92 Å². The maximum Gasteiger partial charge on any atom is 0.130 e. The highest BCUT2D eigenvalue weighted by Crippen LogP contribution is 2.09. The van der Waals surface area contributed by atoms with Gasteiger partial charge < -0.3 is 9.90 Å². The second-order valence-electron chi connectivity index (χ2n) is 3.10. The summed E-state index contributed by atoms with van der Waals surface area (Å²) in [6.45, 7) is 5.31. The monoisotopic (exact) mass is 144 g/mol. The number of Topliss-reactive ketones (excluding diaryl/α,β-unsaturated/α-hetero) is 1. The van der Waals surface area contributed by atoms with Gasteiger partial charge in [-0.2, -0.15) is 0 Å². The van der Waals surface area contributed by atoms with Crippen molar-refractivity contribution in [1.82, 2.24) is 0 Å². The molecule has 1 N–H and O–H groups in total. The van der Waals surface area contributed by atoms with Crippen molar-refractivity contribution >= 4 is 5.78 Å². The van der Waals surface area contributed by atoms with Gasteiger partial charge in [0.25, 0.3) is 0 Å². The Morgan fingerprint density at radius 1 is 1.50 bits per heavy atom. The Morgan fingerprint density at radius 2 is 2.00 bits per heavy atom. The predicted molar refractivity (Wildman–Crippen MR) is 40.8 cm³/mol. The number of aliphatic hydroxyl groups is 1. The Balaban J connectivity index is 3.43. The van der Waals surface area contributed by atoms with Crippen LogP contribution in [-0.2, 0) is 4.79 Å². The molecular formula is C8H16O2. The molecule has 0 aromatic heterocycles. The zero-order chi connectivity index (χ0) is 8.15. The van der Waals surface area contributed by atoms with E-state index in [-0.39, 0.29) is 11.9 Å². The van der Waals surface area contributed by atoms with E-state index in [1.165, 1.54) is 0 Å². The van der Waals surface area contributed by atoms with Gasteiger partial charge in [-0.25, -0.2) is 0 Å². The highest BCUT2D eigenvalue weighted by Gasteiger charge is 2.07. The summed E-state index contributed by atoms with van der Waals surface area (Å²) in [6.07, 6.45) is 1.03. The molecule has 0 radical (unpaired) electrons. The molecule has 0 aliphatic rings. The molecule has 60 valence electrons. The van der Waals surface area contributed by atoms with Crippen LogP contribution in [0.5, 0.6) is 0 Å². The third-order valence-electron chi connectivity index (χ3n) is 1.38. The summed E-state index contributed by atoms with van der Waals surface area (Å²) in [5.74, 6) is 0.519. The van der Waals surface area contributed by atoms with Gasteiger partial charge >= 0.3 is 0 Å². The maximum atomic E-state index is 10.6. The standard InChI is InChI=1S/C8H16O2/c1-6(4-7(2)9)5-8(3)10/h6-7,9H,4-5H2,1-3H3/t6?,7-/m1/s1. The largest absolute Gasteiger partial charge is 0.393 e. The summed E-state index contributed by atoms with van der Waals surface area (Å²) in [6, 6.07) is 0. The molecule has 10 heavy (non-hydrogen) atoms. The number of rotatable bonds is 4. The molecule has 0 aromatic carbocycles. The molecule has 1 unspecified atom stereocenters. The summed E-state index contributed by atoms with van der Waals surface area (Å²) in [4.78, 5) is 10.6. The number of carbonyl (C=O) groups excluding carboxylic acids is 1. The van der Waals surface area contributed by atoms with E-state index in [4.69, 9.17) is 5.11 Å². The third-order valence-corrected chi connectivity index (χ3v) is 1.38. The quantitative estimate of drug-likeness (QED) is 0.647. The molecule has 0 amide bonds. The lowest BCUT2D eigenvalue weighted by atomic mass is 9.99. The van der Waals surface area contributed by atoms with Crippen LogP contribution in [0.25, 0.3) is 0 Å². The van der Waals surface area contributed by atoms with E-state index >= 15 is 0 Å². The van der Waals surface area contributed by atoms with Crippen LogP contribution in [0.2, 0.25) is 0 Å². The molecule has 0 spiro atoms. The number of aliphatic hydroxyl groups excluding tert-OH is 1. The van der Waals surface area contributed by atoms with E-state index in [0.29, 0.717) is 12.3 Å². The van der Waals surface area contributed by atoms with E-state index in [2.05, 4.69) is 0 Å². The molecule has 0 aliphatic carbocycles. The minimum Gasteiger partial charge on any atom is -0.393 e. The fourth-order valence-electron chi connectivity index (χ4n) is 1.16. The van der Waals surface area contributed by atoms with E-state index in [9.17, 15) is 4.79 Å². The molecule has 0 aliphatic heterocycles. The van der Waals surface area contributed by atoms with Crippen molar-refractivity contribution in [2.75, 3.05) is 0 Å². The maximum absolute atomic E-state index is 10.6. The molecule has 0 heterocycles. The Morgan fingerprint density at radius 3 is 2.30 bits per heavy atom. The molecule has 2 nitrogen and oxygen atoms in total. The fourth-order valence-corrected chi connectivity index (χ4v) is 1.16. The Hall–Kier alpha value is -0.370. The van der Waals surface area contributed by atoms with Crippen molar-refractivity contribution in [3.8, 4) is 0 Å². The average molecular weight is 144 g/mol. The molecule has 0 fully saturated rings. The molecule has 0 aromatic rings. The topological polar surface area (TPSA) is 37.3 Å². The van der Waals surface area contributed by atoms with Gasteiger partial charge in [-0.1, -0.05) is 6.92 Å². The van der Waals surface area contributed by atoms with E-state index in [1.54, 1.807) is 13.8 Å². The fraction of sp³-hybridized carbons (Fsp3) is 0.875. The lowest BCUT2D eigenvalue weighted by Gasteiger charge is -2.10. The first-order chi connectivity index (χ1) is 4.52. The van der Waals surface area contributed by atoms with Gasteiger partial charge in [0.15, 0.2) is 0 Å². The molecule has 2 atom stereocenters. The third kappa shape index (κ3) is 5.76. The van der Waals surface area contributed by atoms with Gasteiger partial charge in [0.2, 0.25) is 0 Å². The Kier molecular flexibility index (Phi) is 4.28. The minimum atomic E-state index is -0.283. The molecule has 0 saturated heterocycles. The van der Waals surface area contributed by atoms with E-state index in [1.807, 2.05) is 6.92 Å². The smallest absolute Gasteiger partial charge is 0.130 e. The van der Waals surface area contributed by atoms with Crippen molar-refractivity contribution in [3.05, 3.63) is 0 Å². The molecular weight excluding hydrogens is 128 g/mol. The van der Waals surface area contributed by atoms with Crippen LogP contribution in [0.3, 0.4) is 0 Å². The lowest BCUT2D eigenvalue weighted by molar-refractivity contribution is -0.117. The number of carbonyl (C=O) groups is 1. The van der Waals surface area contributed by atoms with E-state index in [0.717, 1.165) is 6.42 Å². The second-order valence-corrected chi connectivity index (χ2v) is 3.10. The van der Waals surface area contributed by atoms with Gasteiger partial charge in [0, 0.05) is 6.42 Å². The van der Waals surface area contributed by atoms with Gasteiger partial charge in [-0.05, 0) is 26.2 Å². The van der Waals surface area contributed by atoms with Crippen molar-refractivity contribution in [3.63, 3.8) is 0 Å². The molecule has 2 heteroatoms. The second kappa shape index (κ2) is 4.45. The van der Waals surface area contributed by atoms with Gasteiger partial charge in [-0.15, -0.1) is 0 Å². The minimum absolute atomic E-state index is 0.202. The van der Waals surface area contributed by atoms with Crippen LogP contribution < -0.4 is 0 Å². The zero-order valence-corrected chi connectivity index (χ0v) is 6.92. The SMILES string of the molecule is CC(=O)CC(C)C[C@@H](C)O. The van der Waals surface area contributed by atoms with Crippen molar-refractivity contribution in [1.29, 1.82) is 0 Å². The molecule has 0 saturated carbocycles. The van der Waals surface area contributed by atoms with Crippen molar-refractivity contribution < 1.29 is 9.90 Å². The van der Waals surface area contributed by atoms with Gasteiger partial charge in [-0.3, -0.25) is 0 Å². The number of hydrogen-bond acceptors (Lipinski definition) is 2. The van der Waals surface area contributed by atoms with Crippen LogP contribution in [0.4, 0.5) is 0 Å². The first kappa shape index (κ1) is 9.63. The van der Waals surface area contributed by atoms with Crippen LogP contribution in [0.15, 0.2) is 0 Å². The number of ketones is 1. The summed E-state index contributed by atoms with van der Waals surface area (Å²) in [7, 11) is 0. The normalized spacial score (nSPS) is 16.4. The van der Waals surface area contributed by atoms with Crippen LogP contribution in [0.1, 0.15) is 33.6 Å². The summed E-state index contributed by atoms with van der Waals surface area (Å²) in [5.41, 5.74) is 0. The molecule has 0 bridgehead atoms. The number of hydrogen-bond donors (Lipinski definition) is 1. The first-order valence-electron chi connectivity index (χ1n) is 3.70. The summed E-state index contributed by atoms with van der Waals surface area (Å²) in [5, 5.41) is 8.92. The Bertz CT molecular complexity index is 108. The zero-order valence-electron chi connectivity index (χ0n) is 6.92. The van der Waals surface area contributed by atoms with Gasteiger partial charge in [0.05, 0.1) is 6.10 Å². The Labute approximate surface area is 62.2 Å². The lowest BCUT2D eigenvalue weighted by Crippen LogP contribution is -2.09. The highest BCUT2D eigenvalue weighted by atomic mass is 16.3. The van der Waals surface area contributed by atoms with Gasteiger partial charge in [0.1, 0.15) is 5.78 Å². The highest BCUT2D eigenvalue weighted by molar-refractivity contribution is 5.75. The van der Waals surface area contributed by atoms with E-state index < -0.39 is 0 Å². The molecule has 0 rings (SSSR count). The summed E-state index contributed by atoms with van der Waals surface area (Å²) >= 11 is 0. The van der Waals surface area contributed by atoms with Crippen molar-refractivity contribution in [2.45, 2.75) is 39.7 Å².